The van der Waals surface area contributed by atoms with E-state index in [1.807, 2.05) is 17.9 Å². The molecule has 25 heavy (non-hydrogen) atoms. The van der Waals surface area contributed by atoms with Crippen molar-refractivity contribution < 1.29 is 9.90 Å². The van der Waals surface area contributed by atoms with Crippen LogP contribution in [0.1, 0.15) is 28.9 Å². The molecule has 0 aromatic carbocycles. The van der Waals surface area contributed by atoms with Gasteiger partial charge in [-0.05, 0) is 31.4 Å². The second kappa shape index (κ2) is 7.14. The number of carbonyl (C=O) groups excluding carboxylic acids is 1. The highest BCUT2D eigenvalue weighted by molar-refractivity contribution is 5.93. The molecule has 7 heteroatoms. The minimum atomic E-state index is -0.983. The smallest absolute Gasteiger partial charge is 0.272 e. The zero-order chi connectivity index (χ0) is 17.9. The Balaban J connectivity index is 1.70. The first-order chi connectivity index (χ1) is 12.0. The maximum atomic E-state index is 12.6. The summed E-state index contributed by atoms with van der Waals surface area (Å²) >= 11 is 0. The van der Waals surface area contributed by atoms with Crippen LogP contribution in [0, 0.1) is 6.92 Å². The van der Waals surface area contributed by atoms with Crippen molar-refractivity contribution in [3.63, 3.8) is 0 Å². The van der Waals surface area contributed by atoms with Gasteiger partial charge >= 0.3 is 0 Å². The van der Waals surface area contributed by atoms with Crippen LogP contribution in [0.3, 0.4) is 0 Å². The van der Waals surface area contributed by atoms with Crippen LogP contribution in [0.15, 0.2) is 36.9 Å². The number of rotatable bonds is 4. The van der Waals surface area contributed by atoms with Gasteiger partial charge in [-0.25, -0.2) is 4.98 Å². The summed E-state index contributed by atoms with van der Waals surface area (Å²) in [6.45, 7) is 3.35. The van der Waals surface area contributed by atoms with Crippen molar-refractivity contribution in [2.45, 2.75) is 25.4 Å². The molecule has 1 atom stereocenters. The molecule has 2 aromatic heterocycles. The lowest BCUT2D eigenvalue weighted by Crippen LogP contribution is -2.55. The first-order valence-corrected chi connectivity index (χ1v) is 8.39. The number of piperidine rings is 1. The molecule has 0 spiro atoms. The second-order valence-corrected chi connectivity index (χ2v) is 6.64. The summed E-state index contributed by atoms with van der Waals surface area (Å²) in [4.78, 5) is 28.8. The van der Waals surface area contributed by atoms with E-state index in [2.05, 4.69) is 15.0 Å². The van der Waals surface area contributed by atoms with E-state index in [1.165, 1.54) is 0 Å². The molecule has 1 fully saturated rings. The Morgan fingerprint density at radius 3 is 2.92 bits per heavy atom. The Kier molecular flexibility index (Phi) is 4.94. The standard InChI is InChI=1S/C18H23N5O2/c1-14-5-3-7-21-16(14)17(24)22(2)12-18(25)6-4-10-23(13-18)15-11-19-8-9-20-15/h3,5,7-9,11,25H,4,6,10,12-13H2,1-2H3/t18-/m1/s1. The number of anilines is 1. The molecule has 0 unspecified atom stereocenters. The molecular weight excluding hydrogens is 318 g/mol. The van der Waals surface area contributed by atoms with Gasteiger partial charge in [0.1, 0.15) is 11.5 Å². The maximum Gasteiger partial charge on any atom is 0.272 e. The van der Waals surface area contributed by atoms with Crippen LogP contribution < -0.4 is 4.90 Å². The van der Waals surface area contributed by atoms with Crippen LogP contribution in [0.5, 0.6) is 0 Å². The van der Waals surface area contributed by atoms with E-state index < -0.39 is 5.60 Å². The number of nitrogens with zero attached hydrogens (tertiary/aromatic N) is 5. The molecular formula is C18H23N5O2. The molecule has 0 aliphatic carbocycles. The molecule has 3 heterocycles. The molecule has 3 rings (SSSR count). The summed E-state index contributed by atoms with van der Waals surface area (Å²) in [6.07, 6.45) is 8.04. The van der Waals surface area contributed by atoms with E-state index in [0.717, 1.165) is 24.3 Å². The summed E-state index contributed by atoms with van der Waals surface area (Å²) in [7, 11) is 1.70. The van der Waals surface area contributed by atoms with Gasteiger partial charge in [-0.3, -0.25) is 14.8 Å². The number of aryl methyl sites for hydroxylation is 1. The van der Waals surface area contributed by atoms with Crippen molar-refractivity contribution >= 4 is 11.7 Å². The number of aromatic nitrogens is 3. The summed E-state index contributed by atoms with van der Waals surface area (Å²) < 4.78 is 0. The minimum Gasteiger partial charge on any atom is -0.386 e. The van der Waals surface area contributed by atoms with Crippen molar-refractivity contribution in [1.82, 2.24) is 19.9 Å². The molecule has 1 aliphatic rings. The van der Waals surface area contributed by atoms with E-state index >= 15 is 0 Å². The molecule has 7 nitrogen and oxygen atoms in total. The minimum absolute atomic E-state index is 0.178. The van der Waals surface area contributed by atoms with Gasteiger partial charge in [-0.15, -0.1) is 0 Å². The van der Waals surface area contributed by atoms with Crippen LogP contribution in [-0.2, 0) is 0 Å². The Hall–Kier alpha value is -2.54. The van der Waals surface area contributed by atoms with Gasteiger partial charge < -0.3 is 14.9 Å². The summed E-state index contributed by atoms with van der Waals surface area (Å²) in [6, 6.07) is 3.67. The SMILES string of the molecule is Cc1cccnc1C(=O)N(C)C[C@]1(O)CCCN(c2cnccn2)C1. The van der Waals surface area contributed by atoms with E-state index in [4.69, 9.17) is 0 Å². The summed E-state index contributed by atoms with van der Waals surface area (Å²) in [5, 5.41) is 11.0. The number of aliphatic hydroxyl groups is 1. The van der Waals surface area contributed by atoms with Gasteiger partial charge in [0, 0.05) is 38.7 Å². The van der Waals surface area contributed by atoms with Crippen molar-refractivity contribution in [3.8, 4) is 0 Å². The lowest BCUT2D eigenvalue weighted by atomic mass is 9.92. The first-order valence-electron chi connectivity index (χ1n) is 8.39. The van der Waals surface area contributed by atoms with Crippen LogP contribution in [0.25, 0.3) is 0 Å². The normalized spacial score (nSPS) is 20.4. The molecule has 0 bridgehead atoms. The first kappa shape index (κ1) is 17.3. The van der Waals surface area contributed by atoms with Crippen LogP contribution in [-0.4, -0.2) is 63.1 Å². The van der Waals surface area contributed by atoms with Gasteiger partial charge in [-0.1, -0.05) is 6.07 Å². The molecule has 0 radical (unpaired) electrons. The van der Waals surface area contributed by atoms with E-state index in [-0.39, 0.29) is 12.5 Å². The zero-order valence-electron chi connectivity index (χ0n) is 14.6. The highest BCUT2D eigenvalue weighted by atomic mass is 16.3. The fourth-order valence-electron chi connectivity index (χ4n) is 3.30. The van der Waals surface area contributed by atoms with Gasteiger partial charge in [-0.2, -0.15) is 0 Å². The van der Waals surface area contributed by atoms with E-state index in [9.17, 15) is 9.90 Å². The molecule has 1 N–H and O–H groups in total. The van der Waals surface area contributed by atoms with Gasteiger partial charge in [0.2, 0.25) is 0 Å². The molecule has 0 saturated carbocycles. The third-order valence-electron chi connectivity index (χ3n) is 4.52. The molecule has 2 aromatic rings. The summed E-state index contributed by atoms with van der Waals surface area (Å²) in [5.41, 5.74) is 0.273. The quantitative estimate of drug-likeness (QED) is 0.902. The number of carbonyl (C=O) groups is 1. The highest BCUT2D eigenvalue weighted by Gasteiger charge is 2.36. The fourth-order valence-corrected chi connectivity index (χ4v) is 3.30. The number of hydrogen-bond acceptors (Lipinski definition) is 6. The Bertz CT molecular complexity index is 739. The predicted molar refractivity (Wildman–Crippen MR) is 94.4 cm³/mol. The van der Waals surface area contributed by atoms with Crippen LogP contribution in [0.4, 0.5) is 5.82 Å². The van der Waals surface area contributed by atoms with Crippen molar-refractivity contribution in [2.75, 3.05) is 31.6 Å². The maximum absolute atomic E-state index is 12.6. The number of amides is 1. The average Bonchev–Trinajstić information content (AvgIpc) is 2.62. The third-order valence-corrected chi connectivity index (χ3v) is 4.52. The second-order valence-electron chi connectivity index (χ2n) is 6.64. The van der Waals surface area contributed by atoms with Crippen molar-refractivity contribution in [3.05, 3.63) is 48.2 Å². The average molecular weight is 341 g/mol. The van der Waals surface area contributed by atoms with E-state index in [1.54, 1.807) is 42.8 Å². The van der Waals surface area contributed by atoms with Gasteiger partial charge in [0.15, 0.2) is 0 Å². The van der Waals surface area contributed by atoms with Crippen molar-refractivity contribution in [2.24, 2.45) is 0 Å². The largest absolute Gasteiger partial charge is 0.386 e. The number of hydrogen-bond donors (Lipinski definition) is 1. The Labute approximate surface area is 147 Å². The number of β-amino-alcohol motifs (C(OH)–C–C–N with tert-alkyl or cyclic N) is 1. The topological polar surface area (TPSA) is 82.5 Å². The third kappa shape index (κ3) is 3.93. The van der Waals surface area contributed by atoms with Crippen molar-refractivity contribution in [1.29, 1.82) is 0 Å². The molecule has 1 saturated heterocycles. The Morgan fingerprint density at radius 2 is 2.20 bits per heavy atom. The summed E-state index contributed by atoms with van der Waals surface area (Å²) in [5.74, 6) is 0.568. The zero-order valence-corrected chi connectivity index (χ0v) is 14.6. The lowest BCUT2D eigenvalue weighted by Gasteiger charge is -2.41. The monoisotopic (exact) mass is 341 g/mol. The van der Waals surface area contributed by atoms with Crippen LogP contribution >= 0.6 is 0 Å². The molecule has 1 aliphatic heterocycles. The highest BCUT2D eigenvalue weighted by Crippen LogP contribution is 2.25. The predicted octanol–water partition coefficient (Wildman–Crippen LogP) is 1.28. The Morgan fingerprint density at radius 1 is 1.36 bits per heavy atom. The fraction of sp³-hybridized carbons (Fsp3) is 0.444. The van der Waals surface area contributed by atoms with Crippen LogP contribution in [0.2, 0.25) is 0 Å². The lowest BCUT2D eigenvalue weighted by molar-refractivity contribution is -0.000313. The van der Waals surface area contributed by atoms with Gasteiger partial charge in [0.05, 0.1) is 18.3 Å². The number of pyridine rings is 1. The number of likely N-dealkylation sites (N-methyl/N-ethyl adjacent to an activating group) is 1. The van der Waals surface area contributed by atoms with Gasteiger partial charge in [0.25, 0.3) is 5.91 Å². The molecule has 132 valence electrons. The molecule has 1 amide bonds. The van der Waals surface area contributed by atoms with E-state index in [0.29, 0.717) is 18.7 Å².